The molecular formula is C25H36N2O. The zero-order chi connectivity index (χ0) is 19.6. The van der Waals surface area contributed by atoms with E-state index < -0.39 is 0 Å². The lowest BCUT2D eigenvalue weighted by Crippen LogP contribution is -2.14. The largest absolute Gasteiger partial charge is 0.494 e. The Labute approximate surface area is 170 Å². The molecule has 0 atom stereocenters. The first-order valence-corrected chi connectivity index (χ1v) is 11.4. The van der Waals surface area contributed by atoms with Crippen LogP contribution in [0.4, 0.5) is 0 Å². The summed E-state index contributed by atoms with van der Waals surface area (Å²) in [6.07, 6.45) is 12.9. The third kappa shape index (κ3) is 6.05. The first-order valence-electron chi connectivity index (χ1n) is 11.4. The van der Waals surface area contributed by atoms with Crippen LogP contribution in [0.5, 0.6) is 5.75 Å². The summed E-state index contributed by atoms with van der Waals surface area (Å²) < 4.78 is 5.83. The van der Waals surface area contributed by atoms with E-state index in [-0.39, 0.29) is 0 Å². The highest BCUT2D eigenvalue weighted by atomic mass is 16.5. The number of benzene rings is 1. The molecule has 1 aliphatic carbocycles. The van der Waals surface area contributed by atoms with Crippen LogP contribution in [0.2, 0.25) is 0 Å². The van der Waals surface area contributed by atoms with Gasteiger partial charge in [0.1, 0.15) is 5.75 Å². The predicted octanol–water partition coefficient (Wildman–Crippen LogP) is 7.18. The molecule has 152 valence electrons. The number of hydrogen-bond donors (Lipinski definition) is 0. The highest BCUT2D eigenvalue weighted by molar-refractivity contribution is 5.59. The van der Waals surface area contributed by atoms with E-state index in [9.17, 15) is 0 Å². The van der Waals surface area contributed by atoms with Gasteiger partial charge in [-0.2, -0.15) is 10.2 Å². The molecule has 0 spiro atoms. The number of aromatic nitrogens is 2. The molecular weight excluding hydrogens is 344 g/mol. The fourth-order valence-electron chi connectivity index (χ4n) is 4.31. The van der Waals surface area contributed by atoms with E-state index in [1.54, 1.807) is 0 Å². The Hall–Kier alpha value is -1.90. The normalized spacial score (nSPS) is 19.5. The fraction of sp³-hybridized carbons (Fsp3) is 0.600. The van der Waals surface area contributed by atoms with Gasteiger partial charge in [0, 0.05) is 11.5 Å². The van der Waals surface area contributed by atoms with Gasteiger partial charge in [0.15, 0.2) is 0 Å². The zero-order valence-corrected chi connectivity index (χ0v) is 17.7. The van der Waals surface area contributed by atoms with Crippen molar-refractivity contribution in [2.75, 3.05) is 6.61 Å². The molecule has 1 aromatic heterocycles. The van der Waals surface area contributed by atoms with Gasteiger partial charge in [-0.3, -0.25) is 0 Å². The number of ether oxygens (including phenoxy) is 1. The second kappa shape index (κ2) is 11.2. The Kier molecular flexibility index (Phi) is 8.32. The van der Waals surface area contributed by atoms with Gasteiger partial charge in [-0.25, -0.2) is 0 Å². The van der Waals surface area contributed by atoms with Crippen molar-refractivity contribution in [2.45, 2.75) is 84.0 Å². The van der Waals surface area contributed by atoms with Crippen LogP contribution in [0.1, 0.15) is 89.7 Å². The zero-order valence-electron chi connectivity index (χ0n) is 17.7. The number of hydrogen-bond acceptors (Lipinski definition) is 3. The van der Waals surface area contributed by atoms with Crippen molar-refractivity contribution in [1.82, 2.24) is 10.2 Å². The Morgan fingerprint density at radius 1 is 0.821 bits per heavy atom. The number of rotatable bonds is 10. The summed E-state index contributed by atoms with van der Waals surface area (Å²) in [6, 6.07) is 12.6. The van der Waals surface area contributed by atoms with Crippen molar-refractivity contribution in [3.05, 3.63) is 42.1 Å². The van der Waals surface area contributed by atoms with Crippen LogP contribution in [-0.2, 0) is 0 Å². The molecule has 1 heterocycles. The monoisotopic (exact) mass is 380 g/mol. The van der Waals surface area contributed by atoms with Crippen LogP contribution < -0.4 is 4.74 Å². The summed E-state index contributed by atoms with van der Waals surface area (Å²) in [6.45, 7) is 5.32. The highest BCUT2D eigenvalue weighted by Crippen LogP contribution is 2.36. The molecule has 0 saturated heterocycles. The molecule has 0 amide bonds. The second-order valence-corrected chi connectivity index (χ2v) is 8.28. The van der Waals surface area contributed by atoms with Gasteiger partial charge in [0.25, 0.3) is 0 Å². The molecule has 3 rings (SSSR count). The lowest BCUT2D eigenvalue weighted by Gasteiger charge is -2.27. The van der Waals surface area contributed by atoms with Gasteiger partial charge >= 0.3 is 0 Å². The average Bonchev–Trinajstić information content (AvgIpc) is 2.75. The molecule has 1 aromatic carbocycles. The van der Waals surface area contributed by atoms with Crippen molar-refractivity contribution in [1.29, 1.82) is 0 Å². The lowest BCUT2D eigenvalue weighted by molar-refractivity contribution is 0.304. The van der Waals surface area contributed by atoms with E-state index >= 15 is 0 Å². The van der Waals surface area contributed by atoms with E-state index in [1.165, 1.54) is 63.5 Å². The molecule has 1 aliphatic rings. The topological polar surface area (TPSA) is 35.0 Å². The average molecular weight is 381 g/mol. The van der Waals surface area contributed by atoms with Crippen LogP contribution in [0, 0.1) is 5.92 Å². The minimum absolute atomic E-state index is 0.596. The van der Waals surface area contributed by atoms with Gasteiger partial charge in [-0.05, 0) is 74.4 Å². The molecule has 28 heavy (non-hydrogen) atoms. The van der Waals surface area contributed by atoms with E-state index in [4.69, 9.17) is 4.74 Å². The molecule has 0 radical (unpaired) electrons. The standard InChI is InChI=1S/C25H36N2O/c1-3-5-6-7-19-28-23-15-13-22(14-16-23)25-18-17-24(26-27-25)21-11-9-20(8-4-2)10-12-21/h13-18,20-21H,3-12,19H2,1-2H3/t20-,21-. The SMILES string of the molecule is CCCCCCOc1ccc(-c2ccc([C@H]3CC[C@H](CCC)CC3)nn2)cc1. The predicted molar refractivity (Wildman–Crippen MR) is 117 cm³/mol. The molecule has 0 N–H and O–H groups in total. The second-order valence-electron chi connectivity index (χ2n) is 8.28. The van der Waals surface area contributed by atoms with Gasteiger partial charge in [0.05, 0.1) is 18.0 Å². The summed E-state index contributed by atoms with van der Waals surface area (Å²) in [7, 11) is 0. The van der Waals surface area contributed by atoms with E-state index in [2.05, 4.69) is 48.3 Å². The maximum absolute atomic E-state index is 5.83. The molecule has 3 heteroatoms. The first kappa shape index (κ1) is 20.8. The molecule has 0 unspecified atom stereocenters. The first-order chi connectivity index (χ1) is 13.8. The van der Waals surface area contributed by atoms with Crippen LogP contribution in [0.25, 0.3) is 11.3 Å². The van der Waals surface area contributed by atoms with Crippen molar-refractivity contribution in [2.24, 2.45) is 5.92 Å². The summed E-state index contributed by atoms with van der Waals surface area (Å²) in [5.74, 6) is 2.47. The molecule has 2 aromatic rings. The van der Waals surface area contributed by atoms with E-state index in [0.717, 1.165) is 36.0 Å². The smallest absolute Gasteiger partial charge is 0.119 e. The van der Waals surface area contributed by atoms with Crippen LogP contribution in [0.3, 0.4) is 0 Å². The highest BCUT2D eigenvalue weighted by Gasteiger charge is 2.23. The fourth-order valence-corrected chi connectivity index (χ4v) is 4.31. The summed E-state index contributed by atoms with van der Waals surface area (Å²) >= 11 is 0. The quantitative estimate of drug-likeness (QED) is 0.410. The lowest BCUT2D eigenvalue weighted by atomic mass is 9.79. The minimum Gasteiger partial charge on any atom is -0.494 e. The number of unbranched alkanes of at least 4 members (excludes halogenated alkanes) is 3. The maximum Gasteiger partial charge on any atom is 0.119 e. The summed E-state index contributed by atoms with van der Waals surface area (Å²) in [5, 5.41) is 9.08. The van der Waals surface area contributed by atoms with Gasteiger partial charge in [0.2, 0.25) is 0 Å². The van der Waals surface area contributed by atoms with Crippen LogP contribution >= 0.6 is 0 Å². The molecule has 3 nitrogen and oxygen atoms in total. The van der Waals surface area contributed by atoms with Crippen molar-refractivity contribution in [3.63, 3.8) is 0 Å². The Morgan fingerprint density at radius 3 is 2.25 bits per heavy atom. The Bertz CT molecular complexity index is 673. The summed E-state index contributed by atoms with van der Waals surface area (Å²) in [4.78, 5) is 0. The van der Waals surface area contributed by atoms with Crippen molar-refractivity contribution >= 4 is 0 Å². The maximum atomic E-state index is 5.83. The third-order valence-corrected chi connectivity index (χ3v) is 6.06. The Balaban J connectivity index is 1.51. The molecule has 0 bridgehead atoms. The van der Waals surface area contributed by atoms with Crippen molar-refractivity contribution in [3.8, 4) is 17.0 Å². The molecule has 0 aliphatic heterocycles. The third-order valence-electron chi connectivity index (χ3n) is 6.06. The van der Waals surface area contributed by atoms with E-state index in [1.807, 2.05) is 12.1 Å². The summed E-state index contributed by atoms with van der Waals surface area (Å²) in [5.41, 5.74) is 3.22. The number of nitrogens with zero attached hydrogens (tertiary/aromatic N) is 2. The van der Waals surface area contributed by atoms with Crippen LogP contribution in [-0.4, -0.2) is 16.8 Å². The van der Waals surface area contributed by atoms with Crippen LogP contribution in [0.15, 0.2) is 36.4 Å². The molecule has 1 saturated carbocycles. The van der Waals surface area contributed by atoms with Gasteiger partial charge in [-0.1, -0.05) is 46.0 Å². The van der Waals surface area contributed by atoms with Crippen molar-refractivity contribution < 1.29 is 4.74 Å². The van der Waals surface area contributed by atoms with Gasteiger partial charge in [-0.15, -0.1) is 0 Å². The van der Waals surface area contributed by atoms with Gasteiger partial charge < -0.3 is 4.74 Å². The minimum atomic E-state index is 0.596. The van der Waals surface area contributed by atoms with E-state index in [0.29, 0.717) is 5.92 Å². The molecule has 1 fully saturated rings. The Morgan fingerprint density at radius 2 is 1.61 bits per heavy atom.